The monoisotopic (exact) mass is 291 g/mol. The van der Waals surface area contributed by atoms with Crippen molar-refractivity contribution in [1.29, 1.82) is 0 Å². The van der Waals surface area contributed by atoms with Crippen molar-refractivity contribution in [2.45, 2.75) is 33.7 Å². The molecule has 116 valence electrons. The van der Waals surface area contributed by atoms with Crippen LogP contribution in [-0.4, -0.2) is 43.4 Å². The second-order valence-electron chi connectivity index (χ2n) is 5.53. The van der Waals surface area contributed by atoms with Crippen LogP contribution >= 0.6 is 0 Å². The average Bonchev–Trinajstić information content (AvgIpc) is 2.40. The molecule has 0 aromatic heterocycles. The predicted octanol–water partition coefficient (Wildman–Crippen LogP) is 1.62. The summed E-state index contributed by atoms with van der Waals surface area (Å²) in [7, 11) is 3.35. The van der Waals surface area contributed by atoms with Crippen molar-refractivity contribution in [3.63, 3.8) is 0 Å². The Hall–Kier alpha value is -1.88. The summed E-state index contributed by atoms with van der Waals surface area (Å²) in [5.74, 6) is -0.226. The molecule has 0 bridgehead atoms. The van der Waals surface area contributed by atoms with Gasteiger partial charge in [0.15, 0.2) is 0 Å². The van der Waals surface area contributed by atoms with Crippen LogP contribution in [0.3, 0.4) is 0 Å². The first kappa shape index (κ1) is 17.2. The van der Waals surface area contributed by atoms with Gasteiger partial charge >= 0.3 is 0 Å². The Morgan fingerprint density at radius 2 is 1.71 bits per heavy atom. The summed E-state index contributed by atoms with van der Waals surface area (Å²) in [5, 5.41) is 5.52. The highest BCUT2D eigenvalue weighted by Crippen LogP contribution is 2.21. The zero-order valence-electron chi connectivity index (χ0n) is 13.7. The molecule has 1 aromatic rings. The van der Waals surface area contributed by atoms with E-state index in [0.717, 1.165) is 16.8 Å². The third kappa shape index (κ3) is 4.56. The highest BCUT2D eigenvalue weighted by molar-refractivity contribution is 5.94. The molecule has 0 aliphatic heterocycles. The highest BCUT2D eigenvalue weighted by Gasteiger charge is 2.19. The second-order valence-corrected chi connectivity index (χ2v) is 5.53. The van der Waals surface area contributed by atoms with Crippen LogP contribution in [0.15, 0.2) is 12.1 Å². The number of nitrogens with one attached hydrogen (secondary N) is 2. The molecule has 0 spiro atoms. The third-order valence-electron chi connectivity index (χ3n) is 3.62. The SMILES string of the molecule is CNC(=O)[C@H](C)N(C)CC(=O)Nc1c(C)cc(C)cc1C. The van der Waals surface area contributed by atoms with Gasteiger partial charge in [-0.2, -0.15) is 0 Å². The second kappa shape index (κ2) is 7.22. The first-order chi connectivity index (χ1) is 9.76. The van der Waals surface area contributed by atoms with Crippen molar-refractivity contribution in [1.82, 2.24) is 10.2 Å². The largest absolute Gasteiger partial charge is 0.358 e. The summed E-state index contributed by atoms with van der Waals surface area (Å²) in [6, 6.07) is 3.74. The highest BCUT2D eigenvalue weighted by atomic mass is 16.2. The van der Waals surface area contributed by atoms with Gasteiger partial charge in [-0.15, -0.1) is 0 Å². The third-order valence-corrected chi connectivity index (χ3v) is 3.62. The molecule has 1 aromatic carbocycles. The number of carbonyl (C=O) groups excluding carboxylic acids is 2. The molecular formula is C16H25N3O2. The van der Waals surface area contributed by atoms with E-state index in [2.05, 4.69) is 10.6 Å². The molecule has 1 rings (SSSR count). The number of anilines is 1. The molecule has 0 aliphatic rings. The fourth-order valence-electron chi connectivity index (χ4n) is 2.33. The molecular weight excluding hydrogens is 266 g/mol. The standard InChI is InChI=1S/C16H25N3O2/c1-10-7-11(2)15(12(3)8-10)18-14(20)9-19(6)13(4)16(21)17-5/h7-8,13H,9H2,1-6H3,(H,17,21)(H,18,20)/t13-/m0/s1. The Morgan fingerprint density at radius 3 is 2.19 bits per heavy atom. The molecule has 1 atom stereocenters. The number of rotatable bonds is 5. The molecule has 0 unspecified atom stereocenters. The number of carbonyl (C=O) groups is 2. The van der Waals surface area contributed by atoms with Crippen LogP contribution in [0, 0.1) is 20.8 Å². The van der Waals surface area contributed by atoms with Crippen LogP contribution in [0.25, 0.3) is 0 Å². The van der Waals surface area contributed by atoms with E-state index < -0.39 is 0 Å². The maximum Gasteiger partial charge on any atom is 0.238 e. The molecule has 0 saturated heterocycles. The Labute approximate surface area is 126 Å². The lowest BCUT2D eigenvalue weighted by Crippen LogP contribution is -2.45. The van der Waals surface area contributed by atoms with Gasteiger partial charge in [0.25, 0.3) is 0 Å². The van der Waals surface area contributed by atoms with Gasteiger partial charge in [-0.1, -0.05) is 17.7 Å². The van der Waals surface area contributed by atoms with E-state index in [1.807, 2.05) is 32.9 Å². The number of aryl methyl sites for hydroxylation is 3. The summed E-state index contributed by atoms with van der Waals surface area (Å²) in [4.78, 5) is 25.4. The van der Waals surface area contributed by atoms with E-state index in [-0.39, 0.29) is 24.4 Å². The fraction of sp³-hybridized carbons (Fsp3) is 0.500. The molecule has 2 N–H and O–H groups in total. The van der Waals surface area contributed by atoms with E-state index in [1.54, 1.807) is 25.9 Å². The number of amides is 2. The van der Waals surface area contributed by atoms with Gasteiger partial charge < -0.3 is 10.6 Å². The maximum absolute atomic E-state index is 12.1. The number of likely N-dealkylation sites (N-methyl/N-ethyl adjacent to an activating group) is 2. The number of hydrogen-bond acceptors (Lipinski definition) is 3. The van der Waals surface area contributed by atoms with Crippen LogP contribution in [0.5, 0.6) is 0 Å². The molecule has 21 heavy (non-hydrogen) atoms. The molecule has 0 heterocycles. The number of hydrogen-bond donors (Lipinski definition) is 2. The average molecular weight is 291 g/mol. The van der Waals surface area contributed by atoms with Crippen molar-refractivity contribution in [3.8, 4) is 0 Å². The summed E-state index contributed by atoms with van der Waals surface area (Å²) in [5.41, 5.74) is 4.12. The summed E-state index contributed by atoms with van der Waals surface area (Å²) in [6.07, 6.45) is 0. The molecule has 2 amide bonds. The molecule has 5 nitrogen and oxygen atoms in total. The Kier molecular flexibility index (Phi) is 5.90. The van der Waals surface area contributed by atoms with Crippen molar-refractivity contribution in [2.75, 3.05) is 26.0 Å². The maximum atomic E-state index is 12.1. The van der Waals surface area contributed by atoms with Gasteiger partial charge in [-0.25, -0.2) is 0 Å². The number of nitrogens with zero attached hydrogens (tertiary/aromatic N) is 1. The first-order valence-electron chi connectivity index (χ1n) is 7.05. The van der Waals surface area contributed by atoms with Gasteiger partial charge in [-0.3, -0.25) is 14.5 Å². The van der Waals surface area contributed by atoms with Crippen molar-refractivity contribution < 1.29 is 9.59 Å². The quantitative estimate of drug-likeness (QED) is 0.866. The van der Waals surface area contributed by atoms with Crippen molar-refractivity contribution >= 4 is 17.5 Å². The van der Waals surface area contributed by atoms with Crippen LogP contribution < -0.4 is 10.6 Å². The normalized spacial score (nSPS) is 12.1. The first-order valence-corrected chi connectivity index (χ1v) is 7.05. The van der Waals surface area contributed by atoms with E-state index in [1.165, 1.54) is 5.56 Å². The van der Waals surface area contributed by atoms with E-state index >= 15 is 0 Å². The molecule has 0 fully saturated rings. The smallest absolute Gasteiger partial charge is 0.238 e. The zero-order chi connectivity index (χ0) is 16.2. The van der Waals surface area contributed by atoms with Crippen LogP contribution in [-0.2, 0) is 9.59 Å². The van der Waals surface area contributed by atoms with Gasteiger partial charge in [0.2, 0.25) is 11.8 Å². The van der Waals surface area contributed by atoms with Gasteiger partial charge in [0.1, 0.15) is 0 Å². The molecule has 0 aliphatic carbocycles. The zero-order valence-corrected chi connectivity index (χ0v) is 13.7. The predicted molar refractivity (Wildman–Crippen MR) is 85.4 cm³/mol. The lowest BCUT2D eigenvalue weighted by molar-refractivity contribution is -0.126. The van der Waals surface area contributed by atoms with Gasteiger partial charge in [0, 0.05) is 12.7 Å². The minimum atomic E-state index is -0.346. The van der Waals surface area contributed by atoms with Gasteiger partial charge in [0.05, 0.1) is 12.6 Å². The van der Waals surface area contributed by atoms with Crippen LogP contribution in [0.4, 0.5) is 5.69 Å². The Bertz CT molecular complexity index is 517. The molecule has 5 heteroatoms. The topological polar surface area (TPSA) is 61.4 Å². The minimum Gasteiger partial charge on any atom is -0.358 e. The van der Waals surface area contributed by atoms with Crippen LogP contribution in [0.1, 0.15) is 23.6 Å². The lowest BCUT2D eigenvalue weighted by atomic mass is 10.1. The summed E-state index contributed by atoms with van der Waals surface area (Å²) >= 11 is 0. The minimum absolute atomic E-state index is 0.104. The summed E-state index contributed by atoms with van der Waals surface area (Å²) in [6.45, 7) is 7.93. The van der Waals surface area contributed by atoms with Crippen molar-refractivity contribution in [2.24, 2.45) is 0 Å². The number of benzene rings is 1. The van der Waals surface area contributed by atoms with E-state index in [4.69, 9.17) is 0 Å². The summed E-state index contributed by atoms with van der Waals surface area (Å²) < 4.78 is 0. The Morgan fingerprint density at radius 1 is 1.19 bits per heavy atom. The fourth-order valence-corrected chi connectivity index (χ4v) is 2.33. The van der Waals surface area contributed by atoms with Crippen molar-refractivity contribution in [3.05, 3.63) is 28.8 Å². The van der Waals surface area contributed by atoms with E-state index in [0.29, 0.717) is 0 Å². The van der Waals surface area contributed by atoms with Gasteiger partial charge in [-0.05, 0) is 45.9 Å². The molecule has 0 saturated carbocycles. The lowest BCUT2D eigenvalue weighted by Gasteiger charge is -2.23. The molecule has 0 radical (unpaired) electrons. The Balaban J connectivity index is 2.73. The van der Waals surface area contributed by atoms with Crippen LogP contribution in [0.2, 0.25) is 0 Å². The van der Waals surface area contributed by atoms with E-state index in [9.17, 15) is 9.59 Å².